The van der Waals surface area contributed by atoms with Crippen LogP contribution >= 0.6 is 0 Å². The Kier molecular flexibility index (Phi) is 5.45. The Balaban J connectivity index is 1.87. The molecule has 1 aromatic rings. The summed E-state index contributed by atoms with van der Waals surface area (Å²) in [6.07, 6.45) is 6.59. The van der Waals surface area contributed by atoms with Crippen molar-refractivity contribution >= 4 is 0 Å². The number of benzene rings is 1. The van der Waals surface area contributed by atoms with E-state index in [0.717, 1.165) is 24.4 Å². The molecule has 1 fully saturated rings. The van der Waals surface area contributed by atoms with Crippen molar-refractivity contribution < 1.29 is 0 Å². The maximum absolute atomic E-state index is 3.66. The highest BCUT2D eigenvalue weighted by Crippen LogP contribution is 2.34. The Morgan fingerprint density at radius 3 is 2.58 bits per heavy atom. The van der Waals surface area contributed by atoms with Crippen LogP contribution in [0.3, 0.4) is 0 Å². The summed E-state index contributed by atoms with van der Waals surface area (Å²) in [5.74, 6) is 1.70. The van der Waals surface area contributed by atoms with E-state index in [1.165, 1.54) is 43.2 Å². The molecule has 1 nitrogen and oxygen atoms in total. The fraction of sp³-hybridized carbons (Fsp3) is 0.667. The lowest BCUT2D eigenvalue weighted by Crippen LogP contribution is -2.31. The van der Waals surface area contributed by atoms with Crippen molar-refractivity contribution in [1.82, 2.24) is 5.32 Å². The lowest BCUT2D eigenvalue weighted by molar-refractivity contribution is 0.446. The lowest BCUT2D eigenvalue weighted by Gasteiger charge is -2.17. The van der Waals surface area contributed by atoms with Gasteiger partial charge >= 0.3 is 0 Å². The van der Waals surface area contributed by atoms with Crippen LogP contribution in [-0.2, 0) is 12.8 Å². The van der Waals surface area contributed by atoms with Gasteiger partial charge in [0.15, 0.2) is 0 Å². The van der Waals surface area contributed by atoms with Gasteiger partial charge in [0.25, 0.3) is 0 Å². The molecule has 2 rings (SSSR count). The van der Waals surface area contributed by atoms with Gasteiger partial charge in [0.05, 0.1) is 0 Å². The standard InChI is InChI=1S/C18H29N/c1-4-19-18(17-9-10-17)11-8-15-6-5-7-16(13-15)12-14(2)3/h5-7,13-14,17-19H,4,8-12H2,1-3H3. The van der Waals surface area contributed by atoms with Crippen LogP contribution in [0.15, 0.2) is 24.3 Å². The van der Waals surface area contributed by atoms with Crippen molar-refractivity contribution in [3.8, 4) is 0 Å². The second kappa shape index (κ2) is 7.09. The number of rotatable bonds is 8. The van der Waals surface area contributed by atoms with E-state index in [1.807, 2.05) is 0 Å². The summed E-state index contributed by atoms with van der Waals surface area (Å²) in [6.45, 7) is 7.91. The second-order valence-corrected chi connectivity index (χ2v) is 6.46. The summed E-state index contributed by atoms with van der Waals surface area (Å²) >= 11 is 0. The SMILES string of the molecule is CCNC(CCc1cccc(CC(C)C)c1)C1CC1. The summed E-state index contributed by atoms with van der Waals surface area (Å²) in [6, 6.07) is 9.95. The van der Waals surface area contributed by atoms with Gasteiger partial charge in [-0.2, -0.15) is 0 Å². The minimum absolute atomic E-state index is 0.747. The van der Waals surface area contributed by atoms with Crippen LogP contribution < -0.4 is 5.32 Å². The molecule has 1 unspecified atom stereocenters. The van der Waals surface area contributed by atoms with E-state index in [-0.39, 0.29) is 0 Å². The Hall–Kier alpha value is -0.820. The first-order chi connectivity index (χ1) is 9.19. The van der Waals surface area contributed by atoms with Gasteiger partial charge in [-0.1, -0.05) is 45.0 Å². The van der Waals surface area contributed by atoms with Gasteiger partial charge in [-0.05, 0) is 61.6 Å². The summed E-state index contributed by atoms with van der Waals surface area (Å²) in [5.41, 5.74) is 3.01. The fourth-order valence-electron chi connectivity index (χ4n) is 2.97. The highest BCUT2D eigenvalue weighted by Gasteiger charge is 2.29. The molecule has 0 aliphatic heterocycles. The van der Waals surface area contributed by atoms with Gasteiger partial charge in [-0.15, -0.1) is 0 Å². The summed E-state index contributed by atoms with van der Waals surface area (Å²) < 4.78 is 0. The molecule has 0 radical (unpaired) electrons. The van der Waals surface area contributed by atoms with Gasteiger partial charge in [0, 0.05) is 6.04 Å². The topological polar surface area (TPSA) is 12.0 Å². The third-order valence-corrected chi connectivity index (χ3v) is 4.04. The zero-order chi connectivity index (χ0) is 13.7. The largest absolute Gasteiger partial charge is 0.314 e. The van der Waals surface area contributed by atoms with Crippen LogP contribution in [0.1, 0.15) is 51.2 Å². The van der Waals surface area contributed by atoms with E-state index < -0.39 is 0 Å². The van der Waals surface area contributed by atoms with Gasteiger partial charge in [-0.25, -0.2) is 0 Å². The number of hydrogen-bond donors (Lipinski definition) is 1. The zero-order valence-electron chi connectivity index (χ0n) is 12.8. The Morgan fingerprint density at radius 1 is 1.21 bits per heavy atom. The molecule has 0 spiro atoms. The first kappa shape index (κ1) is 14.6. The lowest BCUT2D eigenvalue weighted by atomic mass is 9.97. The molecule has 0 heterocycles. The molecule has 1 N–H and O–H groups in total. The third-order valence-electron chi connectivity index (χ3n) is 4.04. The van der Waals surface area contributed by atoms with Crippen LogP contribution in [0.25, 0.3) is 0 Å². The molecule has 1 aromatic carbocycles. The molecule has 1 aliphatic rings. The molecule has 0 bridgehead atoms. The van der Waals surface area contributed by atoms with E-state index in [1.54, 1.807) is 0 Å². The Bertz CT molecular complexity index is 379. The average Bonchev–Trinajstić information content (AvgIpc) is 3.18. The molecule has 0 amide bonds. The van der Waals surface area contributed by atoms with E-state index in [2.05, 4.69) is 50.4 Å². The van der Waals surface area contributed by atoms with Crippen molar-refractivity contribution in [3.05, 3.63) is 35.4 Å². The van der Waals surface area contributed by atoms with Gasteiger partial charge in [0.1, 0.15) is 0 Å². The predicted octanol–water partition coefficient (Wildman–Crippen LogP) is 4.21. The maximum Gasteiger partial charge on any atom is 0.00983 e. The molecular weight excluding hydrogens is 230 g/mol. The van der Waals surface area contributed by atoms with Crippen molar-refractivity contribution in [2.75, 3.05) is 6.54 Å². The maximum atomic E-state index is 3.66. The monoisotopic (exact) mass is 259 g/mol. The molecule has 1 aliphatic carbocycles. The van der Waals surface area contributed by atoms with Crippen LogP contribution in [0, 0.1) is 11.8 Å². The van der Waals surface area contributed by atoms with Crippen molar-refractivity contribution in [2.45, 2.75) is 58.9 Å². The van der Waals surface area contributed by atoms with Crippen molar-refractivity contribution in [3.63, 3.8) is 0 Å². The minimum atomic E-state index is 0.747. The van der Waals surface area contributed by atoms with E-state index in [4.69, 9.17) is 0 Å². The van der Waals surface area contributed by atoms with Crippen LogP contribution in [0.5, 0.6) is 0 Å². The van der Waals surface area contributed by atoms with Gasteiger partial charge < -0.3 is 5.32 Å². The highest BCUT2D eigenvalue weighted by molar-refractivity contribution is 5.24. The molecule has 106 valence electrons. The van der Waals surface area contributed by atoms with E-state index in [9.17, 15) is 0 Å². The fourth-order valence-corrected chi connectivity index (χ4v) is 2.97. The van der Waals surface area contributed by atoms with Crippen molar-refractivity contribution in [1.29, 1.82) is 0 Å². The predicted molar refractivity (Wildman–Crippen MR) is 83.5 cm³/mol. The van der Waals surface area contributed by atoms with Crippen molar-refractivity contribution in [2.24, 2.45) is 11.8 Å². The molecule has 0 aromatic heterocycles. The highest BCUT2D eigenvalue weighted by atomic mass is 14.9. The molecule has 1 atom stereocenters. The number of nitrogens with one attached hydrogen (secondary N) is 1. The number of hydrogen-bond acceptors (Lipinski definition) is 1. The zero-order valence-corrected chi connectivity index (χ0v) is 12.8. The van der Waals surface area contributed by atoms with Crippen LogP contribution in [-0.4, -0.2) is 12.6 Å². The first-order valence-electron chi connectivity index (χ1n) is 8.00. The molecule has 1 heteroatoms. The summed E-state index contributed by atoms with van der Waals surface area (Å²) in [4.78, 5) is 0. The normalized spacial score (nSPS) is 16.8. The summed E-state index contributed by atoms with van der Waals surface area (Å²) in [7, 11) is 0. The molecule has 0 saturated heterocycles. The molecular formula is C18H29N. The molecule has 19 heavy (non-hydrogen) atoms. The first-order valence-corrected chi connectivity index (χ1v) is 8.00. The van der Waals surface area contributed by atoms with Crippen LogP contribution in [0.2, 0.25) is 0 Å². The minimum Gasteiger partial charge on any atom is -0.314 e. The Morgan fingerprint density at radius 2 is 1.95 bits per heavy atom. The molecule has 1 saturated carbocycles. The smallest absolute Gasteiger partial charge is 0.00983 e. The third kappa shape index (κ3) is 4.99. The van der Waals surface area contributed by atoms with E-state index in [0.29, 0.717) is 0 Å². The summed E-state index contributed by atoms with van der Waals surface area (Å²) in [5, 5.41) is 3.66. The van der Waals surface area contributed by atoms with Gasteiger partial charge in [0.2, 0.25) is 0 Å². The van der Waals surface area contributed by atoms with Gasteiger partial charge in [-0.3, -0.25) is 0 Å². The van der Waals surface area contributed by atoms with Crippen LogP contribution in [0.4, 0.5) is 0 Å². The second-order valence-electron chi connectivity index (χ2n) is 6.46. The quantitative estimate of drug-likeness (QED) is 0.737. The van der Waals surface area contributed by atoms with E-state index >= 15 is 0 Å². The Labute approximate surface area is 118 Å². The number of aryl methyl sites for hydroxylation is 1. The average molecular weight is 259 g/mol.